The van der Waals surface area contributed by atoms with Crippen LogP contribution in [0.4, 0.5) is 0 Å². The quantitative estimate of drug-likeness (QED) is 0.780. The molecule has 0 spiro atoms. The minimum atomic E-state index is 0.0913. The average Bonchev–Trinajstić information content (AvgIpc) is 2.68. The highest BCUT2D eigenvalue weighted by atomic mass is 16.2. The molecule has 2 heterocycles. The Balaban J connectivity index is 1.38. The van der Waals surface area contributed by atoms with Gasteiger partial charge in [0.05, 0.1) is 12.2 Å². The molecule has 1 atom stereocenters. The number of aromatic nitrogens is 1. The third-order valence-electron chi connectivity index (χ3n) is 5.01. The summed E-state index contributed by atoms with van der Waals surface area (Å²) in [4.78, 5) is 21.1. The molecule has 0 aliphatic carbocycles. The molecule has 0 unspecified atom stereocenters. The first-order valence-corrected chi connectivity index (χ1v) is 9.80. The van der Waals surface area contributed by atoms with Crippen molar-refractivity contribution in [3.8, 4) is 0 Å². The molecular weight excluding hydrogens is 336 g/mol. The van der Waals surface area contributed by atoms with Gasteiger partial charge in [0.25, 0.3) is 0 Å². The molecule has 0 bridgehead atoms. The summed E-state index contributed by atoms with van der Waals surface area (Å²) in [6.45, 7) is 5.05. The fourth-order valence-corrected chi connectivity index (χ4v) is 3.69. The molecule has 1 aromatic carbocycles. The molecule has 5 nitrogen and oxygen atoms in total. The normalized spacial score (nSPS) is 17.8. The van der Waals surface area contributed by atoms with Crippen LogP contribution in [0.1, 0.15) is 24.1 Å². The number of likely N-dealkylation sites (tertiary alicyclic amines) is 1. The van der Waals surface area contributed by atoms with Crippen molar-refractivity contribution >= 4 is 5.91 Å². The standard InChI is InChI=1S/C22H30N4O/c1-25(17-21-11-5-6-12-23-21)18-22(27)24-14-20-10-7-13-26(16-20)15-19-8-3-2-4-9-19/h2-6,8-9,11-12,20H,7,10,13-18H2,1H3,(H,24,27)/t20-/m0/s1. The van der Waals surface area contributed by atoms with Crippen LogP contribution in [-0.4, -0.2) is 53.9 Å². The predicted octanol–water partition coefficient (Wildman–Crippen LogP) is 2.54. The van der Waals surface area contributed by atoms with E-state index in [4.69, 9.17) is 0 Å². The molecule has 1 fully saturated rings. The molecule has 5 heteroatoms. The second-order valence-corrected chi connectivity index (χ2v) is 7.53. The third kappa shape index (κ3) is 6.77. The highest BCUT2D eigenvalue weighted by Gasteiger charge is 2.20. The highest BCUT2D eigenvalue weighted by Crippen LogP contribution is 2.18. The Morgan fingerprint density at radius 2 is 2.04 bits per heavy atom. The summed E-state index contributed by atoms with van der Waals surface area (Å²) in [7, 11) is 1.95. The zero-order valence-corrected chi connectivity index (χ0v) is 16.2. The van der Waals surface area contributed by atoms with Crippen molar-refractivity contribution in [3.63, 3.8) is 0 Å². The van der Waals surface area contributed by atoms with Gasteiger partial charge in [-0.2, -0.15) is 0 Å². The van der Waals surface area contributed by atoms with Gasteiger partial charge in [0, 0.05) is 32.4 Å². The largest absolute Gasteiger partial charge is 0.355 e. The van der Waals surface area contributed by atoms with E-state index in [0.29, 0.717) is 19.0 Å². The van der Waals surface area contributed by atoms with E-state index in [9.17, 15) is 4.79 Å². The van der Waals surface area contributed by atoms with Crippen LogP contribution in [0.5, 0.6) is 0 Å². The van der Waals surface area contributed by atoms with Gasteiger partial charge in [-0.3, -0.25) is 19.6 Å². The van der Waals surface area contributed by atoms with Crippen molar-refractivity contribution in [2.75, 3.05) is 33.2 Å². The van der Waals surface area contributed by atoms with Crippen LogP contribution < -0.4 is 5.32 Å². The van der Waals surface area contributed by atoms with Gasteiger partial charge in [-0.15, -0.1) is 0 Å². The van der Waals surface area contributed by atoms with E-state index >= 15 is 0 Å². The molecule has 1 saturated heterocycles. The van der Waals surface area contributed by atoms with E-state index in [1.165, 1.54) is 18.4 Å². The molecule has 2 aromatic rings. The number of likely N-dealkylation sites (N-methyl/N-ethyl adjacent to an activating group) is 1. The second-order valence-electron chi connectivity index (χ2n) is 7.53. The Labute approximate surface area is 162 Å². The topological polar surface area (TPSA) is 48.5 Å². The summed E-state index contributed by atoms with van der Waals surface area (Å²) in [5.41, 5.74) is 2.34. The van der Waals surface area contributed by atoms with Crippen LogP contribution >= 0.6 is 0 Å². The van der Waals surface area contributed by atoms with Crippen LogP contribution in [0, 0.1) is 5.92 Å². The summed E-state index contributed by atoms with van der Waals surface area (Å²) in [6, 6.07) is 16.5. The van der Waals surface area contributed by atoms with E-state index in [1.54, 1.807) is 6.20 Å². The van der Waals surface area contributed by atoms with Gasteiger partial charge >= 0.3 is 0 Å². The number of piperidine rings is 1. The number of rotatable bonds is 8. The molecule has 3 rings (SSSR count). The number of pyridine rings is 1. The number of nitrogens with one attached hydrogen (secondary N) is 1. The van der Waals surface area contributed by atoms with Gasteiger partial charge in [-0.1, -0.05) is 36.4 Å². The summed E-state index contributed by atoms with van der Waals surface area (Å²) in [6.07, 6.45) is 4.18. The van der Waals surface area contributed by atoms with E-state index in [2.05, 4.69) is 45.5 Å². The lowest BCUT2D eigenvalue weighted by molar-refractivity contribution is -0.122. The molecular formula is C22H30N4O. The lowest BCUT2D eigenvalue weighted by Gasteiger charge is -2.33. The minimum absolute atomic E-state index is 0.0913. The Kier molecular flexibility index (Phi) is 7.36. The number of nitrogens with zero attached hydrogens (tertiary/aromatic N) is 3. The number of carbonyl (C=O) groups excluding carboxylic acids is 1. The molecule has 0 radical (unpaired) electrons. The van der Waals surface area contributed by atoms with Crippen molar-refractivity contribution in [2.24, 2.45) is 5.92 Å². The van der Waals surface area contributed by atoms with E-state index in [-0.39, 0.29) is 5.91 Å². The molecule has 1 amide bonds. The summed E-state index contributed by atoms with van der Waals surface area (Å²) >= 11 is 0. The second kappa shape index (κ2) is 10.2. The van der Waals surface area contributed by atoms with E-state index in [0.717, 1.165) is 31.9 Å². The van der Waals surface area contributed by atoms with Crippen LogP contribution in [0.15, 0.2) is 54.7 Å². The van der Waals surface area contributed by atoms with Crippen molar-refractivity contribution in [1.82, 2.24) is 20.1 Å². The summed E-state index contributed by atoms with van der Waals surface area (Å²) in [5, 5.41) is 3.13. The number of hydrogen-bond donors (Lipinski definition) is 1. The minimum Gasteiger partial charge on any atom is -0.355 e. The van der Waals surface area contributed by atoms with Gasteiger partial charge in [0.1, 0.15) is 0 Å². The number of amides is 1. The first-order chi connectivity index (χ1) is 13.2. The predicted molar refractivity (Wildman–Crippen MR) is 108 cm³/mol. The molecule has 144 valence electrons. The average molecular weight is 367 g/mol. The maximum Gasteiger partial charge on any atom is 0.234 e. The molecule has 1 aliphatic heterocycles. The number of hydrogen-bond acceptors (Lipinski definition) is 4. The van der Waals surface area contributed by atoms with Gasteiger partial charge in [-0.05, 0) is 50.0 Å². The smallest absolute Gasteiger partial charge is 0.234 e. The van der Waals surface area contributed by atoms with Gasteiger partial charge in [0.2, 0.25) is 5.91 Å². The first kappa shape index (κ1) is 19.5. The monoisotopic (exact) mass is 366 g/mol. The maximum atomic E-state index is 12.3. The molecule has 1 N–H and O–H groups in total. The van der Waals surface area contributed by atoms with E-state index in [1.807, 2.05) is 30.1 Å². The van der Waals surface area contributed by atoms with Crippen LogP contribution in [0.25, 0.3) is 0 Å². The Morgan fingerprint density at radius 3 is 2.81 bits per heavy atom. The summed E-state index contributed by atoms with van der Waals surface area (Å²) in [5.74, 6) is 0.626. The SMILES string of the molecule is CN(CC(=O)NC[C@@H]1CCCN(Cc2ccccc2)C1)Cc1ccccn1. The fourth-order valence-electron chi connectivity index (χ4n) is 3.69. The van der Waals surface area contributed by atoms with Gasteiger partial charge < -0.3 is 5.32 Å². The molecule has 27 heavy (non-hydrogen) atoms. The Morgan fingerprint density at radius 1 is 1.22 bits per heavy atom. The Hall–Kier alpha value is -2.24. The molecule has 1 aliphatic rings. The van der Waals surface area contributed by atoms with Crippen molar-refractivity contribution in [3.05, 3.63) is 66.0 Å². The highest BCUT2D eigenvalue weighted by molar-refractivity contribution is 5.77. The van der Waals surface area contributed by atoms with Crippen LogP contribution in [0.2, 0.25) is 0 Å². The lowest BCUT2D eigenvalue weighted by atomic mass is 9.97. The number of carbonyl (C=O) groups is 1. The molecule has 1 aromatic heterocycles. The maximum absolute atomic E-state index is 12.3. The zero-order chi connectivity index (χ0) is 18.9. The summed E-state index contributed by atoms with van der Waals surface area (Å²) < 4.78 is 0. The van der Waals surface area contributed by atoms with Crippen molar-refractivity contribution in [1.29, 1.82) is 0 Å². The van der Waals surface area contributed by atoms with Gasteiger partial charge in [0.15, 0.2) is 0 Å². The van der Waals surface area contributed by atoms with Crippen LogP contribution in [0.3, 0.4) is 0 Å². The third-order valence-corrected chi connectivity index (χ3v) is 5.01. The lowest BCUT2D eigenvalue weighted by Crippen LogP contribution is -2.42. The molecule has 0 saturated carbocycles. The van der Waals surface area contributed by atoms with Crippen molar-refractivity contribution < 1.29 is 4.79 Å². The zero-order valence-electron chi connectivity index (χ0n) is 16.2. The van der Waals surface area contributed by atoms with Crippen molar-refractivity contribution in [2.45, 2.75) is 25.9 Å². The Bertz CT molecular complexity index is 692. The van der Waals surface area contributed by atoms with E-state index < -0.39 is 0 Å². The first-order valence-electron chi connectivity index (χ1n) is 9.80. The van der Waals surface area contributed by atoms with Crippen LogP contribution in [-0.2, 0) is 17.9 Å². The number of benzene rings is 1. The fraction of sp³-hybridized carbons (Fsp3) is 0.455. The van der Waals surface area contributed by atoms with Gasteiger partial charge in [-0.25, -0.2) is 0 Å².